The molecule has 1 aromatic carbocycles. The number of alkyl halides is 1. The predicted molar refractivity (Wildman–Crippen MR) is 71.0 cm³/mol. The summed E-state index contributed by atoms with van der Waals surface area (Å²) < 4.78 is 11.2. The molecule has 0 N–H and O–H groups in total. The van der Waals surface area contributed by atoms with E-state index in [1.807, 2.05) is 18.2 Å². The molecule has 0 aromatic heterocycles. The van der Waals surface area contributed by atoms with Gasteiger partial charge < -0.3 is 9.47 Å². The molecule has 0 amide bonds. The van der Waals surface area contributed by atoms with Gasteiger partial charge in [-0.15, -0.1) is 11.6 Å². The molecule has 1 aromatic rings. The first-order valence-corrected chi connectivity index (χ1v) is 6.52. The van der Waals surface area contributed by atoms with Gasteiger partial charge in [-0.3, -0.25) is 0 Å². The maximum Gasteiger partial charge on any atom is 0.161 e. The highest BCUT2D eigenvalue weighted by Gasteiger charge is 2.09. The average Bonchev–Trinajstić information content (AvgIpc) is 2.60. The second kappa shape index (κ2) is 5.97. The average molecular weight is 253 g/mol. The highest BCUT2D eigenvalue weighted by Crippen LogP contribution is 2.31. The Labute approximate surface area is 107 Å². The third-order valence-electron chi connectivity index (χ3n) is 2.77. The molecule has 0 atom stereocenters. The van der Waals surface area contributed by atoms with E-state index in [1.165, 1.54) is 5.57 Å². The molecule has 0 fully saturated rings. The molecule has 2 nitrogen and oxygen atoms in total. The van der Waals surface area contributed by atoms with Crippen LogP contribution in [0.5, 0.6) is 11.5 Å². The first kappa shape index (κ1) is 12.3. The molecule has 0 bridgehead atoms. The van der Waals surface area contributed by atoms with E-state index in [4.69, 9.17) is 21.1 Å². The van der Waals surface area contributed by atoms with Gasteiger partial charge >= 0.3 is 0 Å². The Bertz CT molecular complexity index is 407. The van der Waals surface area contributed by atoms with Crippen molar-refractivity contribution in [3.8, 4) is 11.5 Å². The Balaban J connectivity index is 2.26. The number of rotatable bonds is 3. The van der Waals surface area contributed by atoms with Crippen molar-refractivity contribution in [3.63, 3.8) is 0 Å². The minimum atomic E-state index is 0.574. The SMILES string of the molecule is CCC(=Cc1ccc2c(c1)OCCCO2)CCl. The van der Waals surface area contributed by atoms with Crippen LogP contribution in [0.4, 0.5) is 0 Å². The van der Waals surface area contributed by atoms with Crippen LogP contribution in [0.25, 0.3) is 6.08 Å². The standard InChI is InChI=1S/C14H17ClO2/c1-2-11(10-15)8-12-4-5-13-14(9-12)17-7-3-6-16-13/h4-5,8-9H,2-3,6-7,10H2,1H3. The lowest BCUT2D eigenvalue weighted by molar-refractivity contribution is 0.297. The molecule has 17 heavy (non-hydrogen) atoms. The summed E-state index contributed by atoms with van der Waals surface area (Å²) in [6, 6.07) is 6.02. The zero-order chi connectivity index (χ0) is 12.1. The maximum atomic E-state index is 5.86. The van der Waals surface area contributed by atoms with Gasteiger partial charge in [-0.1, -0.05) is 24.6 Å². The van der Waals surface area contributed by atoms with Gasteiger partial charge in [-0.25, -0.2) is 0 Å². The molecule has 1 aliphatic rings. The molecule has 0 spiro atoms. The first-order chi connectivity index (χ1) is 8.33. The van der Waals surface area contributed by atoms with Crippen molar-refractivity contribution in [3.05, 3.63) is 29.3 Å². The van der Waals surface area contributed by atoms with Gasteiger partial charge in [0, 0.05) is 12.3 Å². The van der Waals surface area contributed by atoms with Crippen molar-refractivity contribution < 1.29 is 9.47 Å². The first-order valence-electron chi connectivity index (χ1n) is 5.98. The van der Waals surface area contributed by atoms with E-state index in [9.17, 15) is 0 Å². The number of ether oxygens (including phenoxy) is 2. The Morgan fingerprint density at radius 3 is 2.76 bits per heavy atom. The Kier molecular flexibility index (Phi) is 4.32. The van der Waals surface area contributed by atoms with Gasteiger partial charge in [0.15, 0.2) is 11.5 Å². The van der Waals surface area contributed by atoms with Crippen LogP contribution in [0.3, 0.4) is 0 Å². The summed E-state index contributed by atoms with van der Waals surface area (Å²) in [6.07, 6.45) is 4.02. The van der Waals surface area contributed by atoms with Crippen molar-refractivity contribution in [1.82, 2.24) is 0 Å². The largest absolute Gasteiger partial charge is 0.490 e. The third-order valence-corrected chi connectivity index (χ3v) is 3.11. The van der Waals surface area contributed by atoms with E-state index in [1.54, 1.807) is 0 Å². The Morgan fingerprint density at radius 2 is 2.06 bits per heavy atom. The highest BCUT2D eigenvalue weighted by atomic mass is 35.5. The van der Waals surface area contributed by atoms with Crippen molar-refractivity contribution >= 4 is 17.7 Å². The summed E-state index contributed by atoms with van der Waals surface area (Å²) in [5, 5.41) is 0. The fraction of sp³-hybridized carbons (Fsp3) is 0.429. The van der Waals surface area contributed by atoms with E-state index in [-0.39, 0.29) is 0 Å². The summed E-state index contributed by atoms with van der Waals surface area (Å²) in [4.78, 5) is 0. The van der Waals surface area contributed by atoms with Crippen LogP contribution in [0.1, 0.15) is 25.3 Å². The van der Waals surface area contributed by atoms with E-state index >= 15 is 0 Å². The molecular weight excluding hydrogens is 236 g/mol. The molecule has 92 valence electrons. The lowest BCUT2D eigenvalue weighted by Crippen LogP contribution is -1.97. The second-order valence-electron chi connectivity index (χ2n) is 4.05. The van der Waals surface area contributed by atoms with Gasteiger partial charge in [-0.05, 0) is 24.1 Å². The maximum absolute atomic E-state index is 5.86. The topological polar surface area (TPSA) is 18.5 Å². The zero-order valence-corrected chi connectivity index (χ0v) is 10.8. The predicted octanol–water partition coefficient (Wildman–Crippen LogP) is 3.88. The minimum absolute atomic E-state index is 0.574. The van der Waals surface area contributed by atoms with Crippen molar-refractivity contribution in [2.75, 3.05) is 19.1 Å². The summed E-state index contributed by atoms with van der Waals surface area (Å²) in [7, 11) is 0. The van der Waals surface area contributed by atoms with Gasteiger partial charge in [0.25, 0.3) is 0 Å². The van der Waals surface area contributed by atoms with E-state index < -0.39 is 0 Å². The lowest BCUT2D eigenvalue weighted by Gasteiger charge is -2.08. The minimum Gasteiger partial charge on any atom is -0.490 e. The number of hydrogen-bond donors (Lipinski definition) is 0. The van der Waals surface area contributed by atoms with E-state index in [0.29, 0.717) is 5.88 Å². The summed E-state index contributed by atoms with van der Waals surface area (Å²) in [6.45, 7) is 3.55. The Hall–Kier alpha value is -1.15. The van der Waals surface area contributed by atoms with Gasteiger partial charge in [0.1, 0.15) is 0 Å². The number of fused-ring (bicyclic) bond motifs is 1. The molecule has 0 saturated carbocycles. The molecule has 1 heterocycles. The summed E-state index contributed by atoms with van der Waals surface area (Å²) in [5.74, 6) is 2.25. The molecular formula is C14H17ClO2. The summed E-state index contributed by atoms with van der Waals surface area (Å²) in [5.41, 5.74) is 2.34. The number of hydrogen-bond acceptors (Lipinski definition) is 2. The second-order valence-corrected chi connectivity index (χ2v) is 4.31. The molecule has 2 rings (SSSR count). The van der Waals surface area contributed by atoms with Crippen molar-refractivity contribution in [1.29, 1.82) is 0 Å². The molecule has 0 unspecified atom stereocenters. The number of halogens is 1. The quantitative estimate of drug-likeness (QED) is 0.760. The molecule has 0 saturated heterocycles. The van der Waals surface area contributed by atoms with Crippen LogP contribution in [-0.2, 0) is 0 Å². The molecule has 3 heteroatoms. The number of benzene rings is 1. The highest BCUT2D eigenvalue weighted by molar-refractivity contribution is 6.19. The molecule has 0 radical (unpaired) electrons. The van der Waals surface area contributed by atoms with Crippen LogP contribution in [0.15, 0.2) is 23.8 Å². The zero-order valence-electron chi connectivity index (χ0n) is 10.0. The van der Waals surface area contributed by atoms with Crippen LogP contribution < -0.4 is 9.47 Å². The van der Waals surface area contributed by atoms with Crippen molar-refractivity contribution in [2.45, 2.75) is 19.8 Å². The third kappa shape index (κ3) is 3.16. The van der Waals surface area contributed by atoms with E-state index in [0.717, 1.165) is 43.1 Å². The van der Waals surface area contributed by atoms with E-state index in [2.05, 4.69) is 13.0 Å². The van der Waals surface area contributed by atoms with Crippen LogP contribution in [0.2, 0.25) is 0 Å². The van der Waals surface area contributed by atoms with Crippen LogP contribution in [-0.4, -0.2) is 19.1 Å². The number of allylic oxidation sites excluding steroid dienone is 1. The normalized spacial score (nSPS) is 15.5. The van der Waals surface area contributed by atoms with Gasteiger partial charge in [0.05, 0.1) is 13.2 Å². The van der Waals surface area contributed by atoms with Crippen LogP contribution >= 0.6 is 11.6 Å². The van der Waals surface area contributed by atoms with Gasteiger partial charge in [-0.2, -0.15) is 0 Å². The smallest absolute Gasteiger partial charge is 0.161 e. The monoisotopic (exact) mass is 252 g/mol. The fourth-order valence-electron chi connectivity index (χ4n) is 1.74. The van der Waals surface area contributed by atoms with Crippen molar-refractivity contribution in [2.24, 2.45) is 0 Å². The van der Waals surface area contributed by atoms with Gasteiger partial charge in [0.2, 0.25) is 0 Å². The fourth-order valence-corrected chi connectivity index (χ4v) is 2.01. The lowest BCUT2D eigenvalue weighted by atomic mass is 10.1. The molecule has 1 aliphatic heterocycles. The Morgan fingerprint density at radius 1 is 1.29 bits per heavy atom. The molecule has 0 aliphatic carbocycles. The summed E-state index contributed by atoms with van der Waals surface area (Å²) >= 11 is 5.86. The van der Waals surface area contributed by atoms with Crippen LogP contribution in [0, 0.1) is 0 Å².